The second-order valence-electron chi connectivity index (χ2n) is 8.46. The van der Waals surface area contributed by atoms with E-state index in [4.69, 9.17) is 0 Å². The first-order chi connectivity index (χ1) is 9.48. The van der Waals surface area contributed by atoms with Crippen LogP contribution in [0.4, 0.5) is 0 Å². The molecule has 112 valence electrons. The van der Waals surface area contributed by atoms with Gasteiger partial charge in [-0.05, 0) is 78.9 Å². The van der Waals surface area contributed by atoms with Crippen LogP contribution in [-0.4, -0.2) is 0 Å². The lowest BCUT2D eigenvalue weighted by atomic mass is 9.27. The minimum atomic E-state index is 0.640. The van der Waals surface area contributed by atoms with E-state index in [0.717, 1.165) is 29.6 Å². The van der Waals surface area contributed by atoms with E-state index in [1.54, 1.807) is 0 Å². The van der Waals surface area contributed by atoms with Crippen LogP contribution in [0.1, 0.15) is 59.3 Å². The zero-order chi connectivity index (χ0) is 14.5. The third-order valence-electron chi connectivity index (χ3n) is 7.66. The third kappa shape index (κ3) is 1.72. The van der Waals surface area contributed by atoms with Crippen LogP contribution in [0.3, 0.4) is 0 Å². The molecule has 0 radical (unpaired) electrons. The molecule has 0 nitrogen and oxygen atoms in total. The highest BCUT2D eigenvalue weighted by Crippen LogP contribution is 2.79. The summed E-state index contributed by atoms with van der Waals surface area (Å²) in [6, 6.07) is 0. The summed E-state index contributed by atoms with van der Waals surface area (Å²) in [5, 5.41) is 0. The maximum atomic E-state index is 4.11. The Kier molecular flexibility index (Phi) is 3.42. The first-order valence-corrected chi connectivity index (χ1v) is 8.72. The highest BCUT2D eigenvalue weighted by molar-refractivity contribution is 5.21. The van der Waals surface area contributed by atoms with E-state index >= 15 is 0 Å². The molecule has 0 N–H and O–H groups in total. The van der Waals surface area contributed by atoms with Crippen molar-refractivity contribution in [2.75, 3.05) is 0 Å². The van der Waals surface area contributed by atoms with Crippen LogP contribution in [0.25, 0.3) is 0 Å². The van der Waals surface area contributed by atoms with Crippen molar-refractivity contribution in [3.8, 4) is 0 Å². The Balaban J connectivity index is 1.86. The second-order valence-corrected chi connectivity index (χ2v) is 8.46. The molecule has 0 saturated heterocycles. The molecule has 7 atom stereocenters. The Hall–Kier alpha value is -0.520. The topological polar surface area (TPSA) is 0 Å². The van der Waals surface area contributed by atoms with Gasteiger partial charge in [-0.1, -0.05) is 32.9 Å². The Morgan fingerprint density at radius 2 is 1.95 bits per heavy atom. The number of rotatable bonds is 4. The highest BCUT2D eigenvalue weighted by atomic mass is 14.8. The first-order valence-electron chi connectivity index (χ1n) is 8.72. The van der Waals surface area contributed by atoms with Gasteiger partial charge >= 0.3 is 0 Å². The van der Waals surface area contributed by atoms with E-state index in [1.807, 2.05) is 0 Å². The molecule has 0 amide bonds. The van der Waals surface area contributed by atoms with E-state index in [2.05, 4.69) is 46.1 Å². The summed E-state index contributed by atoms with van der Waals surface area (Å²) < 4.78 is 0. The largest absolute Gasteiger partial charge is 0.103 e. The predicted molar refractivity (Wildman–Crippen MR) is 87.4 cm³/mol. The molecule has 20 heavy (non-hydrogen) atoms. The molecular weight excluding hydrogens is 240 g/mol. The van der Waals surface area contributed by atoms with Crippen LogP contribution in [0.5, 0.6) is 0 Å². The monoisotopic (exact) mass is 272 g/mol. The Labute approximate surface area is 125 Å². The third-order valence-corrected chi connectivity index (χ3v) is 7.66. The van der Waals surface area contributed by atoms with E-state index in [9.17, 15) is 0 Å². The minimum Gasteiger partial charge on any atom is -0.103 e. The molecule has 0 spiro atoms. The Morgan fingerprint density at radius 3 is 2.60 bits per heavy atom. The molecule has 3 saturated carbocycles. The van der Waals surface area contributed by atoms with Gasteiger partial charge in [-0.2, -0.15) is 0 Å². The van der Waals surface area contributed by atoms with Crippen LogP contribution < -0.4 is 0 Å². The molecule has 0 heteroatoms. The molecule has 7 unspecified atom stereocenters. The molecule has 0 aliphatic heterocycles. The maximum Gasteiger partial charge on any atom is -0.0210 e. The quantitative estimate of drug-likeness (QED) is 0.563. The van der Waals surface area contributed by atoms with Crippen LogP contribution in [0.15, 0.2) is 25.3 Å². The van der Waals surface area contributed by atoms with Crippen LogP contribution >= 0.6 is 0 Å². The maximum absolute atomic E-state index is 4.11. The summed E-state index contributed by atoms with van der Waals surface area (Å²) in [7, 11) is 0. The minimum absolute atomic E-state index is 0.640. The summed E-state index contributed by atoms with van der Waals surface area (Å²) in [6.07, 6.45) is 12.7. The van der Waals surface area contributed by atoms with E-state index < -0.39 is 0 Å². The average Bonchev–Trinajstić information content (AvgIpc) is 2.41. The van der Waals surface area contributed by atoms with E-state index in [1.165, 1.54) is 38.5 Å². The van der Waals surface area contributed by atoms with E-state index in [0.29, 0.717) is 10.8 Å². The van der Waals surface area contributed by atoms with Gasteiger partial charge in [0.05, 0.1) is 0 Å². The van der Waals surface area contributed by atoms with Crippen LogP contribution in [0, 0.1) is 40.4 Å². The fourth-order valence-electron chi connectivity index (χ4n) is 6.76. The number of hydrogen-bond donors (Lipinski definition) is 0. The van der Waals surface area contributed by atoms with Crippen molar-refractivity contribution in [2.24, 2.45) is 40.4 Å². The van der Waals surface area contributed by atoms with Crippen LogP contribution in [-0.2, 0) is 0 Å². The van der Waals surface area contributed by atoms with Gasteiger partial charge in [0.25, 0.3) is 0 Å². The fraction of sp³-hybridized carbons (Fsp3) is 0.800. The van der Waals surface area contributed by atoms with Gasteiger partial charge in [-0.15, -0.1) is 13.2 Å². The van der Waals surface area contributed by atoms with Crippen molar-refractivity contribution in [3.05, 3.63) is 25.3 Å². The molecule has 3 fully saturated rings. The van der Waals surface area contributed by atoms with Crippen molar-refractivity contribution < 1.29 is 0 Å². The SMILES string of the molecule is C=CCCC12CC(C)C(C=C)CCC3C(C)C(C)(C1)C32. The molecular formula is C20H32. The van der Waals surface area contributed by atoms with Gasteiger partial charge in [-0.25, -0.2) is 0 Å². The molecule has 3 aliphatic rings. The lowest BCUT2D eigenvalue weighted by Gasteiger charge is -2.78. The summed E-state index contributed by atoms with van der Waals surface area (Å²) in [6.45, 7) is 15.6. The summed E-state index contributed by atoms with van der Waals surface area (Å²) in [5.41, 5.74) is 1.31. The van der Waals surface area contributed by atoms with Gasteiger partial charge in [0.1, 0.15) is 0 Å². The molecule has 0 heterocycles. The van der Waals surface area contributed by atoms with Crippen molar-refractivity contribution in [3.63, 3.8) is 0 Å². The molecule has 0 aromatic rings. The molecule has 0 aromatic heterocycles. The van der Waals surface area contributed by atoms with Crippen molar-refractivity contribution in [1.82, 2.24) is 0 Å². The molecule has 0 aromatic carbocycles. The summed E-state index contributed by atoms with van der Waals surface area (Å²) >= 11 is 0. The molecule has 0 bridgehead atoms. The smallest absolute Gasteiger partial charge is 0.0210 e. The zero-order valence-corrected chi connectivity index (χ0v) is 13.7. The summed E-state index contributed by atoms with van der Waals surface area (Å²) in [5.74, 6) is 4.52. The van der Waals surface area contributed by atoms with Gasteiger partial charge in [0, 0.05) is 0 Å². The van der Waals surface area contributed by atoms with Gasteiger partial charge in [0.2, 0.25) is 0 Å². The number of hydrogen-bond acceptors (Lipinski definition) is 0. The Bertz CT molecular complexity index is 408. The first kappa shape index (κ1) is 14.4. The molecule has 3 aliphatic carbocycles. The van der Waals surface area contributed by atoms with Crippen LogP contribution in [0.2, 0.25) is 0 Å². The average molecular weight is 272 g/mol. The molecule has 3 rings (SSSR count). The standard InChI is InChI=1S/C20H32/c1-6-8-11-20-12-14(3)16(7-2)9-10-17-15(4)19(5,13-20)18(17)20/h6-7,14-18H,1-2,8-13H2,3-5H3. The summed E-state index contributed by atoms with van der Waals surface area (Å²) in [4.78, 5) is 0. The van der Waals surface area contributed by atoms with Crippen molar-refractivity contribution in [1.29, 1.82) is 0 Å². The predicted octanol–water partition coefficient (Wildman–Crippen LogP) is 5.85. The normalized spacial score (nSPS) is 53.6. The fourth-order valence-corrected chi connectivity index (χ4v) is 6.76. The highest BCUT2D eigenvalue weighted by Gasteiger charge is 2.72. The van der Waals surface area contributed by atoms with Gasteiger partial charge in [0.15, 0.2) is 0 Å². The van der Waals surface area contributed by atoms with Crippen molar-refractivity contribution in [2.45, 2.75) is 59.3 Å². The lowest BCUT2D eigenvalue weighted by Crippen LogP contribution is -2.71. The van der Waals surface area contributed by atoms with Gasteiger partial charge < -0.3 is 0 Å². The zero-order valence-electron chi connectivity index (χ0n) is 13.7. The number of allylic oxidation sites excluding steroid dienone is 2. The Morgan fingerprint density at radius 1 is 1.20 bits per heavy atom. The lowest BCUT2D eigenvalue weighted by molar-refractivity contribution is -0.293. The second kappa shape index (κ2) is 4.75. The van der Waals surface area contributed by atoms with Gasteiger partial charge in [-0.3, -0.25) is 0 Å². The van der Waals surface area contributed by atoms with Crippen molar-refractivity contribution >= 4 is 0 Å². The van der Waals surface area contributed by atoms with E-state index in [-0.39, 0.29) is 0 Å².